The predicted molar refractivity (Wildman–Crippen MR) is 135 cm³/mol. The number of aryl methyl sites for hydroxylation is 1. The van der Waals surface area contributed by atoms with Crippen LogP contribution in [-0.2, 0) is 6.42 Å². The minimum Gasteiger partial charge on any atom is -0.507 e. The van der Waals surface area contributed by atoms with Crippen molar-refractivity contribution in [2.24, 2.45) is 5.92 Å². The van der Waals surface area contributed by atoms with E-state index in [9.17, 15) is 24.3 Å². The molecule has 0 radical (unpaired) electrons. The van der Waals surface area contributed by atoms with E-state index >= 15 is 0 Å². The summed E-state index contributed by atoms with van der Waals surface area (Å²) in [4.78, 5) is 53.8. The lowest BCUT2D eigenvalue weighted by Crippen LogP contribution is -2.32. The van der Waals surface area contributed by atoms with Gasteiger partial charge in [-0.25, -0.2) is 0 Å². The van der Waals surface area contributed by atoms with Crippen molar-refractivity contribution >= 4 is 23.1 Å². The average molecular weight is 483 g/mol. The number of phenols is 1. The lowest BCUT2D eigenvalue weighted by Gasteiger charge is -2.22. The summed E-state index contributed by atoms with van der Waals surface area (Å²) >= 11 is 0. The first-order chi connectivity index (χ1) is 17.3. The first-order valence-electron chi connectivity index (χ1n) is 11.8. The Hall–Kier alpha value is -4.32. The van der Waals surface area contributed by atoms with Crippen LogP contribution in [0.4, 0.5) is 0 Å². The number of allylic oxidation sites excluding steroid dienone is 2. The second-order valence-corrected chi connectivity index (χ2v) is 8.68. The van der Waals surface area contributed by atoms with Crippen molar-refractivity contribution < 1.29 is 29.0 Å². The number of carbonyl (C=O) groups excluding carboxylic acids is 4. The van der Waals surface area contributed by atoms with Gasteiger partial charge < -0.3 is 9.84 Å². The SMILES string of the molecule is CCCCc1ccc(C(=O)C(C(=O)c2ccc(OC)cc2)C2=CC(=O)c3c(O)cccc3C2=O)cc1. The molecule has 0 heterocycles. The van der Waals surface area contributed by atoms with Crippen molar-refractivity contribution in [3.63, 3.8) is 0 Å². The maximum absolute atomic E-state index is 13.7. The number of rotatable bonds is 9. The van der Waals surface area contributed by atoms with Crippen LogP contribution in [-0.4, -0.2) is 35.3 Å². The molecule has 4 rings (SSSR count). The fraction of sp³-hybridized carbons (Fsp3) is 0.200. The zero-order chi connectivity index (χ0) is 25.8. The van der Waals surface area contributed by atoms with E-state index < -0.39 is 29.1 Å². The molecule has 3 aromatic rings. The van der Waals surface area contributed by atoms with Gasteiger partial charge in [0.25, 0.3) is 0 Å². The molecule has 0 saturated heterocycles. The predicted octanol–water partition coefficient (Wildman–Crippen LogP) is 5.43. The normalized spacial score (nSPS) is 13.6. The fourth-order valence-corrected chi connectivity index (χ4v) is 4.34. The van der Waals surface area contributed by atoms with Crippen molar-refractivity contribution in [2.45, 2.75) is 26.2 Å². The molecule has 1 unspecified atom stereocenters. The van der Waals surface area contributed by atoms with Crippen molar-refractivity contribution in [2.75, 3.05) is 7.11 Å². The van der Waals surface area contributed by atoms with Gasteiger partial charge in [0.15, 0.2) is 23.1 Å². The number of ether oxygens (including phenoxy) is 1. The van der Waals surface area contributed by atoms with Crippen LogP contribution in [0.25, 0.3) is 0 Å². The number of aromatic hydroxyl groups is 1. The summed E-state index contributed by atoms with van der Waals surface area (Å²) < 4.78 is 5.15. The number of unbranched alkanes of at least 4 members (excludes halogenated alkanes) is 1. The second kappa shape index (κ2) is 10.5. The first kappa shape index (κ1) is 24.8. The largest absolute Gasteiger partial charge is 0.507 e. The van der Waals surface area contributed by atoms with Gasteiger partial charge in [-0.1, -0.05) is 49.7 Å². The minimum absolute atomic E-state index is 0.0345. The molecule has 0 aromatic heterocycles. The van der Waals surface area contributed by atoms with Crippen molar-refractivity contribution in [1.82, 2.24) is 0 Å². The van der Waals surface area contributed by atoms with E-state index in [-0.39, 0.29) is 33.6 Å². The third kappa shape index (κ3) is 4.75. The van der Waals surface area contributed by atoms with Crippen LogP contribution >= 0.6 is 0 Å². The highest BCUT2D eigenvalue weighted by atomic mass is 16.5. The van der Waals surface area contributed by atoms with Gasteiger partial charge in [-0.15, -0.1) is 0 Å². The molecule has 6 nitrogen and oxygen atoms in total. The van der Waals surface area contributed by atoms with E-state index in [0.29, 0.717) is 5.75 Å². The summed E-state index contributed by atoms with van der Waals surface area (Å²) in [6.45, 7) is 2.10. The summed E-state index contributed by atoms with van der Waals surface area (Å²) in [6, 6.07) is 17.4. The molecule has 3 aromatic carbocycles. The highest BCUT2D eigenvalue weighted by Gasteiger charge is 2.39. The third-order valence-electron chi connectivity index (χ3n) is 6.35. The van der Waals surface area contributed by atoms with Crippen LogP contribution in [0.3, 0.4) is 0 Å². The van der Waals surface area contributed by atoms with Crippen molar-refractivity contribution in [3.8, 4) is 11.5 Å². The highest BCUT2D eigenvalue weighted by molar-refractivity contribution is 6.31. The lowest BCUT2D eigenvalue weighted by molar-refractivity contribution is 0.0808. The summed E-state index contributed by atoms with van der Waals surface area (Å²) in [5.41, 5.74) is 1.17. The summed E-state index contributed by atoms with van der Waals surface area (Å²) in [6.07, 6.45) is 3.93. The molecule has 1 atom stereocenters. The Morgan fingerprint density at radius 1 is 0.889 bits per heavy atom. The summed E-state index contributed by atoms with van der Waals surface area (Å²) in [5.74, 6) is -3.76. The molecule has 0 bridgehead atoms. The number of hydrogen-bond donors (Lipinski definition) is 1. The van der Waals surface area contributed by atoms with E-state index in [1.807, 2.05) is 12.1 Å². The van der Waals surface area contributed by atoms with Crippen LogP contribution < -0.4 is 4.74 Å². The van der Waals surface area contributed by atoms with E-state index in [0.717, 1.165) is 30.9 Å². The Kier molecular flexibility index (Phi) is 7.25. The van der Waals surface area contributed by atoms with Crippen molar-refractivity contribution in [3.05, 3.63) is 106 Å². The van der Waals surface area contributed by atoms with Gasteiger partial charge >= 0.3 is 0 Å². The van der Waals surface area contributed by atoms with Crippen LogP contribution in [0, 0.1) is 5.92 Å². The standard InChI is InChI=1S/C30H26O6/c1-3-4-6-18-9-11-19(12-10-18)28(33)27(29(34)20-13-15-21(36-2)16-14-20)23-17-25(32)26-22(30(23)35)7-5-8-24(26)31/h5,7-17,27,31H,3-4,6H2,1-2H3. The molecule has 1 N–H and O–H groups in total. The number of methoxy groups -OCH3 is 1. The van der Waals surface area contributed by atoms with Crippen LogP contribution in [0.5, 0.6) is 11.5 Å². The van der Waals surface area contributed by atoms with E-state index in [1.165, 1.54) is 37.4 Å². The van der Waals surface area contributed by atoms with Gasteiger partial charge in [0, 0.05) is 22.3 Å². The highest BCUT2D eigenvalue weighted by Crippen LogP contribution is 2.34. The quantitative estimate of drug-likeness (QED) is 0.323. The van der Waals surface area contributed by atoms with Gasteiger partial charge in [-0.3, -0.25) is 19.2 Å². The topological polar surface area (TPSA) is 97.7 Å². The molecule has 0 amide bonds. The molecule has 0 saturated carbocycles. The molecule has 182 valence electrons. The number of benzene rings is 3. The Balaban J connectivity index is 1.78. The smallest absolute Gasteiger partial charge is 0.191 e. The maximum Gasteiger partial charge on any atom is 0.191 e. The third-order valence-corrected chi connectivity index (χ3v) is 6.35. The Morgan fingerprint density at radius 2 is 1.50 bits per heavy atom. The van der Waals surface area contributed by atoms with E-state index in [1.54, 1.807) is 24.3 Å². The minimum atomic E-state index is -1.52. The molecule has 36 heavy (non-hydrogen) atoms. The van der Waals surface area contributed by atoms with Gasteiger partial charge in [-0.05, 0) is 54.8 Å². The number of Topliss-reactive ketones (excluding diaryl/α,β-unsaturated/α-hetero) is 3. The average Bonchev–Trinajstić information content (AvgIpc) is 2.90. The maximum atomic E-state index is 13.7. The number of hydrogen-bond acceptors (Lipinski definition) is 6. The Labute approximate surface area is 209 Å². The van der Waals surface area contributed by atoms with E-state index in [4.69, 9.17) is 4.74 Å². The second-order valence-electron chi connectivity index (χ2n) is 8.68. The van der Waals surface area contributed by atoms with Gasteiger partial charge in [-0.2, -0.15) is 0 Å². The first-order valence-corrected chi connectivity index (χ1v) is 11.8. The molecular weight excluding hydrogens is 456 g/mol. The number of carbonyl (C=O) groups is 4. The molecule has 0 fully saturated rings. The molecule has 1 aliphatic rings. The molecule has 6 heteroatoms. The number of ketones is 4. The zero-order valence-electron chi connectivity index (χ0n) is 20.1. The zero-order valence-corrected chi connectivity index (χ0v) is 20.1. The lowest BCUT2D eigenvalue weighted by atomic mass is 9.77. The monoisotopic (exact) mass is 482 g/mol. The molecule has 0 spiro atoms. The Bertz CT molecular complexity index is 1360. The van der Waals surface area contributed by atoms with E-state index in [2.05, 4.69) is 6.92 Å². The van der Waals surface area contributed by atoms with Gasteiger partial charge in [0.05, 0.1) is 12.7 Å². The van der Waals surface area contributed by atoms with Crippen LogP contribution in [0.1, 0.15) is 66.8 Å². The van der Waals surface area contributed by atoms with Crippen LogP contribution in [0.2, 0.25) is 0 Å². The summed E-state index contributed by atoms with van der Waals surface area (Å²) in [5, 5.41) is 10.1. The van der Waals surface area contributed by atoms with Gasteiger partial charge in [0.1, 0.15) is 17.4 Å². The number of fused-ring (bicyclic) bond motifs is 1. The van der Waals surface area contributed by atoms with Gasteiger partial charge in [0.2, 0.25) is 0 Å². The fourth-order valence-electron chi connectivity index (χ4n) is 4.34. The number of phenolic OH excluding ortho intramolecular Hbond substituents is 1. The summed E-state index contributed by atoms with van der Waals surface area (Å²) in [7, 11) is 1.50. The molecular formula is C30H26O6. The molecule has 1 aliphatic carbocycles. The van der Waals surface area contributed by atoms with Crippen LogP contribution in [0.15, 0.2) is 78.4 Å². The molecule has 0 aliphatic heterocycles. The van der Waals surface area contributed by atoms with Crippen molar-refractivity contribution in [1.29, 1.82) is 0 Å². The Morgan fingerprint density at radius 3 is 2.08 bits per heavy atom.